The van der Waals surface area contributed by atoms with Gasteiger partial charge in [-0.05, 0) is 25.5 Å². The first-order chi connectivity index (χ1) is 8.67. The van der Waals surface area contributed by atoms with E-state index < -0.39 is 0 Å². The van der Waals surface area contributed by atoms with Crippen LogP contribution in [-0.2, 0) is 13.1 Å². The van der Waals surface area contributed by atoms with Crippen molar-refractivity contribution in [2.45, 2.75) is 60.7 Å². The first-order valence-corrected chi connectivity index (χ1v) is 7.17. The smallest absolute Gasteiger partial charge is 0.118 e. The van der Waals surface area contributed by atoms with Gasteiger partial charge in [-0.3, -0.25) is 4.90 Å². The highest BCUT2D eigenvalue weighted by molar-refractivity contribution is 5.20. The van der Waals surface area contributed by atoms with Crippen LogP contribution in [0.25, 0.3) is 0 Å². The maximum atomic E-state index is 5.85. The third-order valence-corrected chi connectivity index (χ3v) is 2.94. The lowest BCUT2D eigenvalue weighted by Crippen LogP contribution is -2.28. The predicted octanol–water partition coefficient (Wildman–Crippen LogP) is 3.56. The van der Waals surface area contributed by atoms with Crippen molar-refractivity contribution in [3.05, 3.63) is 23.2 Å². The Kier molecular flexibility index (Phi) is 5.63. The van der Waals surface area contributed by atoms with Crippen molar-refractivity contribution in [1.29, 1.82) is 0 Å². The summed E-state index contributed by atoms with van der Waals surface area (Å²) in [5.74, 6) is 2.09. The lowest BCUT2D eigenvalue weighted by atomic mass is 9.96. The molecule has 0 unspecified atom stereocenters. The quantitative estimate of drug-likeness (QED) is 0.853. The number of nitrogens with one attached hydrogen (secondary N) is 1. The Balaban J connectivity index is 2.58. The number of hydrogen-bond acceptors (Lipinski definition) is 3. The molecule has 0 amide bonds. The van der Waals surface area contributed by atoms with E-state index in [1.54, 1.807) is 0 Å². The fraction of sp³-hybridized carbons (Fsp3) is 0.750. The molecule has 3 heteroatoms. The van der Waals surface area contributed by atoms with E-state index in [0.717, 1.165) is 31.2 Å². The highest BCUT2D eigenvalue weighted by atomic mass is 16.3. The molecule has 0 aliphatic carbocycles. The van der Waals surface area contributed by atoms with Gasteiger partial charge < -0.3 is 9.73 Å². The summed E-state index contributed by atoms with van der Waals surface area (Å²) in [5, 5.41) is 3.43. The number of aryl methyl sites for hydroxylation is 1. The molecule has 1 aromatic heterocycles. The molecular formula is C16H30N2O. The summed E-state index contributed by atoms with van der Waals surface area (Å²) >= 11 is 0. The van der Waals surface area contributed by atoms with E-state index in [4.69, 9.17) is 4.42 Å². The molecule has 1 rings (SSSR count). The van der Waals surface area contributed by atoms with Crippen LogP contribution >= 0.6 is 0 Å². The second-order valence-electron chi connectivity index (χ2n) is 7.06. The molecule has 0 saturated carbocycles. The lowest BCUT2D eigenvalue weighted by molar-refractivity contribution is 0.207. The Bertz CT molecular complexity index is 388. The van der Waals surface area contributed by atoms with Gasteiger partial charge in [0.25, 0.3) is 0 Å². The van der Waals surface area contributed by atoms with E-state index >= 15 is 0 Å². The van der Waals surface area contributed by atoms with Crippen molar-refractivity contribution in [1.82, 2.24) is 10.2 Å². The van der Waals surface area contributed by atoms with Crippen LogP contribution in [0.4, 0.5) is 0 Å². The average Bonchev–Trinajstić information content (AvgIpc) is 2.52. The molecule has 110 valence electrons. The van der Waals surface area contributed by atoms with Crippen LogP contribution in [0.15, 0.2) is 10.5 Å². The minimum absolute atomic E-state index is 0.318. The molecule has 0 bridgehead atoms. The van der Waals surface area contributed by atoms with E-state index in [1.165, 1.54) is 5.56 Å². The molecule has 1 aromatic rings. The minimum atomic E-state index is 0.318. The van der Waals surface area contributed by atoms with Crippen molar-refractivity contribution in [2.75, 3.05) is 13.6 Å². The van der Waals surface area contributed by atoms with Crippen molar-refractivity contribution in [2.24, 2.45) is 5.41 Å². The van der Waals surface area contributed by atoms with E-state index in [1.807, 2.05) is 6.92 Å². The fourth-order valence-corrected chi connectivity index (χ4v) is 2.29. The fourth-order valence-electron chi connectivity index (χ4n) is 2.29. The van der Waals surface area contributed by atoms with Crippen LogP contribution in [0.5, 0.6) is 0 Å². The van der Waals surface area contributed by atoms with Crippen molar-refractivity contribution >= 4 is 0 Å². The second-order valence-corrected chi connectivity index (χ2v) is 7.06. The van der Waals surface area contributed by atoms with Gasteiger partial charge in [-0.25, -0.2) is 0 Å². The highest BCUT2D eigenvalue weighted by Gasteiger charge is 2.15. The van der Waals surface area contributed by atoms with Gasteiger partial charge in [0.05, 0.1) is 6.54 Å². The second kappa shape index (κ2) is 6.58. The predicted molar refractivity (Wildman–Crippen MR) is 81.2 cm³/mol. The molecule has 0 fully saturated rings. The zero-order valence-electron chi connectivity index (χ0n) is 13.6. The largest absolute Gasteiger partial charge is 0.465 e. The SMILES string of the molecule is Cc1oc(CN(C)CC(C)(C)C)cc1CNC(C)C. The zero-order chi connectivity index (χ0) is 14.6. The van der Waals surface area contributed by atoms with E-state index in [0.29, 0.717) is 11.5 Å². The molecule has 1 N–H and O–H groups in total. The molecule has 0 spiro atoms. The third-order valence-electron chi connectivity index (χ3n) is 2.94. The maximum Gasteiger partial charge on any atom is 0.118 e. The minimum Gasteiger partial charge on any atom is -0.465 e. The van der Waals surface area contributed by atoms with Crippen LogP contribution in [0.2, 0.25) is 0 Å². The van der Waals surface area contributed by atoms with Crippen LogP contribution in [0.3, 0.4) is 0 Å². The first kappa shape index (κ1) is 16.3. The van der Waals surface area contributed by atoms with Gasteiger partial charge in [-0.2, -0.15) is 0 Å². The topological polar surface area (TPSA) is 28.4 Å². The van der Waals surface area contributed by atoms with Gasteiger partial charge in [-0.1, -0.05) is 34.6 Å². The van der Waals surface area contributed by atoms with Gasteiger partial charge in [0, 0.05) is 24.7 Å². The first-order valence-electron chi connectivity index (χ1n) is 7.17. The van der Waals surface area contributed by atoms with Crippen molar-refractivity contribution in [3.8, 4) is 0 Å². The summed E-state index contributed by atoms with van der Waals surface area (Å²) in [6.07, 6.45) is 0. The Morgan fingerprint density at radius 3 is 2.47 bits per heavy atom. The summed E-state index contributed by atoms with van der Waals surface area (Å²) in [6, 6.07) is 2.69. The van der Waals surface area contributed by atoms with E-state index in [2.05, 4.69) is 57.9 Å². The number of rotatable bonds is 6. The molecular weight excluding hydrogens is 236 g/mol. The standard InChI is InChI=1S/C16H30N2O/c1-12(2)17-9-14-8-15(19-13(14)3)10-18(7)11-16(4,5)6/h8,12,17H,9-11H2,1-7H3. The monoisotopic (exact) mass is 266 g/mol. The zero-order valence-corrected chi connectivity index (χ0v) is 13.6. The molecule has 19 heavy (non-hydrogen) atoms. The lowest BCUT2D eigenvalue weighted by Gasteiger charge is -2.25. The molecule has 1 heterocycles. The van der Waals surface area contributed by atoms with Crippen LogP contribution in [-0.4, -0.2) is 24.5 Å². The van der Waals surface area contributed by atoms with Crippen LogP contribution < -0.4 is 5.32 Å². The van der Waals surface area contributed by atoms with Gasteiger partial charge in [0.1, 0.15) is 11.5 Å². The van der Waals surface area contributed by atoms with Gasteiger partial charge >= 0.3 is 0 Å². The summed E-state index contributed by atoms with van der Waals surface area (Å²) in [4.78, 5) is 2.32. The summed E-state index contributed by atoms with van der Waals surface area (Å²) in [6.45, 7) is 16.0. The van der Waals surface area contributed by atoms with E-state index in [-0.39, 0.29) is 0 Å². The van der Waals surface area contributed by atoms with Crippen LogP contribution in [0, 0.1) is 12.3 Å². The number of hydrogen-bond donors (Lipinski definition) is 1. The maximum absolute atomic E-state index is 5.85. The highest BCUT2D eigenvalue weighted by Crippen LogP contribution is 2.19. The van der Waals surface area contributed by atoms with Crippen molar-refractivity contribution < 1.29 is 4.42 Å². The van der Waals surface area contributed by atoms with Crippen molar-refractivity contribution in [3.63, 3.8) is 0 Å². The molecule has 0 radical (unpaired) electrons. The summed E-state index contributed by atoms with van der Waals surface area (Å²) in [7, 11) is 2.15. The molecule has 0 aliphatic rings. The number of furan rings is 1. The van der Waals surface area contributed by atoms with Gasteiger partial charge in [0.15, 0.2) is 0 Å². The Morgan fingerprint density at radius 2 is 1.95 bits per heavy atom. The molecule has 0 aliphatic heterocycles. The average molecular weight is 266 g/mol. The summed E-state index contributed by atoms with van der Waals surface area (Å²) in [5.41, 5.74) is 1.59. The molecule has 0 saturated heterocycles. The van der Waals surface area contributed by atoms with Gasteiger partial charge in [-0.15, -0.1) is 0 Å². The Hall–Kier alpha value is -0.800. The summed E-state index contributed by atoms with van der Waals surface area (Å²) < 4.78 is 5.85. The normalized spacial score (nSPS) is 12.7. The Morgan fingerprint density at radius 1 is 1.32 bits per heavy atom. The van der Waals surface area contributed by atoms with Gasteiger partial charge in [0.2, 0.25) is 0 Å². The molecule has 0 aromatic carbocycles. The third kappa shape index (κ3) is 6.26. The molecule has 3 nitrogen and oxygen atoms in total. The van der Waals surface area contributed by atoms with E-state index in [9.17, 15) is 0 Å². The van der Waals surface area contributed by atoms with Crippen LogP contribution in [0.1, 0.15) is 51.7 Å². The molecule has 0 atom stereocenters. The number of nitrogens with zero attached hydrogens (tertiary/aromatic N) is 1. The Labute approximate surface area is 118 Å².